The summed E-state index contributed by atoms with van der Waals surface area (Å²) in [5.74, 6) is -0.202. The first-order valence-corrected chi connectivity index (χ1v) is 13.1. The topological polar surface area (TPSA) is 96.8 Å². The highest BCUT2D eigenvalue weighted by Gasteiger charge is 2.35. The first-order valence-electron chi connectivity index (χ1n) is 13.1. The predicted octanol–water partition coefficient (Wildman–Crippen LogP) is 4.54. The van der Waals surface area contributed by atoms with Crippen molar-refractivity contribution in [1.29, 1.82) is 0 Å². The number of imidazole rings is 1. The zero-order chi connectivity index (χ0) is 27.5. The van der Waals surface area contributed by atoms with Crippen molar-refractivity contribution in [2.24, 2.45) is 11.7 Å². The number of ether oxygens (including phenoxy) is 3. The van der Waals surface area contributed by atoms with Gasteiger partial charge in [0.2, 0.25) is 0 Å². The number of benzene rings is 1. The van der Waals surface area contributed by atoms with Crippen LogP contribution in [0.4, 0.5) is 8.78 Å². The summed E-state index contributed by atoms with van der Waals surface area (Å²) < 4.78 is 47.6. The molecule has 10 heteroatoms. The van der Waals surface area contributed by atoms with E-state index >= 15 is 8.78 Å². The molecule has 0 aliphatic heterocycles. The van der Waals surface area contributed by atoms with Crippen LogP contribution in [0.1, 0.15) is 42.6 Å². The van der Waals surface area contributed by atoms with Gasteiger partial charge in [0.05, 0.1) is 35.7 Å². The first-order chi connectivity index (χ1) is 18.9. The average molecular weight is 538 g/mol. The lowest BCUT2D eigenvalue weighted by Gasteiger charge is -2.38. The molecule has 0 unspecified atom stereocenters. The van der Waals surface area contributed by atoms with Crippen molar-refractivity contribution in [2.45, 2.75) is 44.2 Å². The van der Waals surface area contributed by atoms with E-state index in [0.717, 1.165) is 36.1 Å². The van der Waals surface area contributed by atoms with Crippen molar-refractivity contribution in [3.8, 4) is 17.0 Å². The molecule has 39 heavy (non-hydrogen) atoms. The largest absolute Gasteiger partial charge is 0.491 e. The quantitative estimate of drug-likeness (QED) is 0.313. The summed E-state index contributed by atoms with van der Waals surface area (Å²) in [5, 5.41) is 4.57. The van der Waals surface area contributed by atoms with Crippen molar-refractivity contribution in [2.75, 3.05) is 27.4 Å². The average Bonchev–Trinajstić information content (AvgIpc) is 3.30. The molecule has 4 aromatic rings. The number of halogens is 2. The molecule has 206 valence electrons. The van der Waals surface area contributed by atoms with E-state index in [4.69, 9.17) is 19.9 Å². The Balaban J connectivity index is 1.44. The number of fused-ring (bicyclic) bond motifs is 1. The van der Waals surface area contributed by atoms with Crippen LogP contribution in [0.25, 0.3) is 16.8 Å². The van der Waals surface area contributed by atoms with Crippen molar-refractivity contribution in [3.63, 3.8) is 0 Å². The lowest BCUT2D eigenvalue weighted by Crippen LogP contribution is -2.45. The Bertz CT molecular complexity index is 1410. The molecule has 1 aromatic carbocycles. The number of rotatable bonds is 9. The molecule has 0 saturated heterocycles. The van der Waals surface area contributed by atoms with Crippen LogP contribution in [0.15, 0.2) is 48.9 Å². The Kier molecular flexibility index (Phi) is 8.15. The minimum Gasteiger partial charge on any atom is -0.491 e. The van der Waals surface area contributed by atoms with Crippen LogP contribution in [-0.2, 0) is 15.9 Å². The summed E-state index contributed by atoms with van der Waals surface area (Å²) in [4.78, 5) is 8.94. The number of pyridine rings is 1. The molecule has 1 aliphatic rings. The third-order valence-electron chi connectivity index (χ3n) is 7.48. The lowest BCUT2D eigenvalue weighted by atomic mass is 9.74. The summed E-state index contributed by atoms with van der Waals surface area (Å²) in [6.45, 7) is 2.67. The summed E-state index contributed by atoms with van der Waals surface area (Å²) >= 11 is 0. The van der Waals surface area contributed by atoms with Crippen LogP contribution in [-0.4, -0.2) is 59.2 Å². The van der Waals surface area contributed by atoms with Gasteiger partial charge in [-0.25, -0.2) is 18.3 Å². The van der Waals surface area contributed by atoms with Gasteiger partial charge < -0.3 is 19.9 Å². The molecule has 8 nitrogen and oxygen atoms in total. The normalized spacial score (nSPS) is 21.4. The molecule has 0 radical (unpaired) electrons. The van der Waals surface area contributed by atoms with Gasteiger partial charge in [-0.1, -0.05) is 6.92 Å². The second-order valence-electron chi connectivity index (χ2n) is 10.1. The molecule has 0 bridgehead atoms. The maximum Gasteiger partial charge on any atom is 0.139 e. The smallest absolute Gasteiger partial charge is 0.139 e. The predicted molar refractivity (Wildman–Crippen MR) is 143 cm³/mol. The highest BCUT2D eigenvalue weighted by atomic mass is 19.1. The SMILES string of the molecule is COCCOc1cc(F)c(-c2ccc3cnc(Cc4cnccc4[C@H]4C[C@@H](N)[C@H](OC)[C@@H](C)C4)n3n2)c(F)c1. The van der Waals surface area contributed by atoms with E-state index in [2.05, 4.69) is 22.0 Å². The molecule has 0 amide bonds. The molecule has 0 spiro atoms. The fraction of sp³-hybridized carbons (Fsp3) is 0.414. The summed E-state index contributed by atoms with van der Waals surface area (Å²) in [6, 6.07) is 7.63. The van der Waals surface area contributed by atoms with Crippen LogP contribution in [0.2, 0.25) is 0 Å². The second-order valence-corrected chi connectivity index (χ2v) is 10.1. The number of aromatic nitrogens is 4. The Morgan fingerprint density at radius 1 is 1.05 bits per heavy atom. The molecule has 3 heterocycles. The molecular weight excluding hydrogens is 504 g/mol. The molecule has 1 saturated carbocycles. The minimum absolute atomic E-state index is 0.0391. The fourth-order valence-corrected chi connectivity index (χ4v) is 5.69. The van der Waals surface area contributed by atoms with Gasteiger partial charge in [0.25, 0.3) is 0 Å². The zero-order valence-corrected chi connectivity index (χ0v) is 22.3. The van der Waals surface area contributed by atoms with E-state index < -0.39 is 11.6 Å². The molecule has 5 rings (SSSR count). The fourth-order valence-electron chi connectivity index (χ4n) is 5.69. The van der Waals surface area contributed by atoms with Gasteiger partial charge in [0.15, 0.2) is 0 Å². The lowest BCUT2D eigenvalue weighted by molar-refractivity contribution is 0.00970. The molecular formula is C29H33F2N5O3. The number of hydrogen-bond acceptors (Lipinski definition) is 7. The molecule has 1 aliphatic carbocycles. The number of hydrogen-bond donors (Lipinski definition) is 1. The van der Waals surface area contributed by atoms with E-state index in [9.17, 15) is 0 Å². The van der Waals surface area contributed by atoms with Gasteiger partial charge in [-0.2, -0.15) is 5.10 Å². The van der Waals surface area contributed by atoms with Gasteiger partial charge in [-0.3, -0.25) is 4.98 Å². The maximum atomic E-state index is 15.0. The monoisotopic (exact) mass is 537 g/mol. The Morgan fingerprint density at radius 2 is 1.85 bits per heavy atom. The van der Waals surface area contributed by atoms with Crippen molar-refractivity contribution >= 4 is 5.52 Å². The van der Waals surface area contributed by atoms with Crippen molar-refractivity contribution < 1.29 is 23.0 Å². The van der Waals surface area contributed by atoms with Crippen molar-refractivity contribution in [3.05, 3.63) is 77.5 Å². The summed E-state index contributed by atoms with van der Waals surface area (Å²) in [7, 11) is 3.24. The van der Waals surface area contributed by atoms with Gasteiger partial charge >= 0.3 is 0 Å². The van der Waals surface area contributed by atoms with Crippen LogP contribution in [0.3, 0.4) is 0 Å². The van der Waals surface area contributed by atoms with Gasteiger partial charge in [0.1, 0.15) is 29.8 Å². The minimum atomic E-state index is -0.761. The molecule has 3 aromatic heterocycles. The highest BCUT2D eigenvalue weighted by Crippen LogP contribution is 2.38. The van der Waals surface area contributed by atoms with Crippen LogP contribution in [0.5, 0.6) is 5.75 Å². The third-order valence-corrected chi connectivity index (χ3v) is 7.48. The number of nitrogens with two attached hydrogens (primary N) is 1. The van der Waals surface area contributed by atoms with Crippen molar-refractivity contribution in [1.82, 2.24) is 19.6 Å². The van der Waals surface area contributed by atoms with Crippen LogP contribution < -0.4 is 10.5 Å². The summed E-state index contributed by atoms with van der Waals surface area (Å²) in [6.07, 6.45) is 7.61. The van der Waals surface area contributed by atoms with E-state index in [-0.39, 0.29) is 41.7 Å². The maximum absolute atomic E-state index is 15.0. The van der Waals surface area contributed by atoms with Gasteiger partial charge in [-0.15, -0.1) is 0 Å². The highest BCUT2D eigenvalue weighted by molar-refractivity contribution is 5.63. The standard InChI is InChI=1S/C29H33F2N5O3/c1-17-10-18(11-25(32)29(17)38-3)22-6-7-33-15-19(22)12-27-34-16-20-4-5-26(35-36(20)27)28-23(30)13-21(14-24(28)31)39-9-8-37-2/h4-7,13-18,25,29H,8-12,32H2,1-3H3/t17-,18+,25+,29+/m0/s1. The van der Waals surface area contributed by atoms with Gasteiger partial charge in [-0.05, 0) is 54.0 Å². The van der Waals surface area contributed by atoms with Crippen LogP contribution in [0, 0.1) is 17.6 Å². The zero-order valence-electron chi connectivity index (χ0n) is 22.3. The Hall–Kier alpha value is -3.47. The molecule has 4 atom stereocenters. The molecule has 1 fully saturated rings. The van der Waals surface area contributed by atoms with E-state index in [1.54, 1.807) is 36.2 Å². The third kappa shape index (κ3) is 5.63. The second kappa shape index (κ2) is 11.7. The number of methoxy groups -OCH3 is 2. The number of nitrogens with zero attached hydrogens (tertiary/aromatic N) is 4. The summed E-state index contributed by atoms with van der Waals surface area (Å²) in [5.41, 5.74) is 9.31. The van der Waals surface area contributed by atoms with E-state index in [1.807, 2.05) is 12.3 Å². The van der Waals surface area contributed by atoms with E-state index in [0.29, 0.717) is 24.8 Å². The van der Waals surface area contributed by atoms with Gasteiger partial charge in [0, 0.05) is 51.2 Å². The first kappa shape index (κ1) is 27.1. The van der Waals surface area contributed by atoms with E-state index in [1.165, 1.54) is 12.7 Å². The Labute approximate surface area is 226 Å². The van der Waals surface area contributed by atoms with Crippen LogP contribution >= 0.6 is 0 Å². The molecule has 2 N–H and O–H groups in total. The Morgan fingerprint density at radius 3 is 2.56 bits per heavy atom.